The molecule has 2 rings (SSSR count). The highest BCUT2D eigenvalue weighted by Gasteiger charge is 2.08. The van der Waals surface area contributed by atoms with Crippen molar-refractivity contribution in [1.29, 1.82) is 0 Å². The van der Waals surface area contributed by atoms with Gasteiger partial charge in [0.1, 0.15) is 5.75 Å². The fraction of sp³-hybridized carbons (Fsp3) is 0.0714. The summed E-state index contributed by atoms with van der Waals surface area (Å²) < 4.78 is 28.8. The standard InChI is InChI=1S/C14H11F2N3O2/c15-14(16)21-12-6-2-1-4-10(12)9-18-19-13(20)11-5-3-7-17-8-11/h1-9,14H,(H,19,20)/b18-9+. The molecule has 1 aromatic carbocycles. The predicted octanol–water partition coefficient (Wildman–Crippen LogP) is 2.45. The van der Waals surface area contributed by atoms with Crippen molar-refractivity contribution in [3.8, 4) is 5.75 Å². The summed E-state index contributed by atoms with van der Waals surface area (Å²) in [5.41, 5.74) is 2.94. The van der Waals surface area contributed by atoms with Gasteiger partial charge in [0, 0.05) is 18.0 Å². The number of nitrogens with one attached hydrogen (secondary N) is 1. The number of alkyl halides is 2. The van der Waals surface area contributed by atoms with Gasteiger partial charge in [0.25, 0.3) is 5.91 Å². The zero-order valence-corrected chi connectivity index (χ0v) is 10.7. The number of ether oxygens (including phenoxy) is 1. The van der Waals surface area contributed by atoms with Crippen LogP contribution in [0.4, 0.5) is 8.78 Å². The van der Waals surface area contributed by atoms with Crippen molar-refractivity contribution < 1.29 is 18.3 Å². The molecule has 1 amide bonds. The van der Waals surface area contributed by atoms with E-state index >= 15 is 0 Å². The molecule has 0 saturated heterocycles. The topological polar surface area (TPSA) is 63.6 Å². The zero-order valence-electron chi connectivity index (χ0n) is 10.7. The molecule has 0 aliphatic carbocycles. The van der Waals surface area contributed by atoms with E-state index in [1.165, 1.54) is 30.7 Å². The van der Waals surface area contributed by atoms with Gasteiger partial charge in [-0.2, -0.15) is 13.9 Å². The lowest BCUT2D eigenvalue weighted by Gasteiger charge is -2.06. The van der Waals surface area contributed by atoms with Gasteiger partial charge in [-0.25, -0.2) is 5.43 Å². The van der Waals surface area contributed by atoms with Crippen LogP contribution in [0.25, 0.3) is 0 Å². The molecule has 0 saturated carbocycles. The summed E-state index contributed by atoms with van der Waals surface area (Å²) in [6, 6.07) is 9.32. The van der Waals surface area contributed by atoms with Crippen LogP contribution >= 0.6 is 0 Å². The number of halogens is 2. The monoisotopic (exact) mass is 291 g/mol. The van der Waals surface area contributed by atoms with Gasteiger partial charge in [-0.05, 0) is 24.3 Å². The molecule has 5 nitrogen and oxygen atoms in total. The second kappa shape index (κ2) is 7.09. The van der Waals surface area contributed by atoms with Crippen LogP contribution in [0.5, 0.6) is 5.75 Å². The molecule has 0 atom stereocenters. The van der Waals surface area contributed by atoms with Gasteiger partial charge in [-0.1, -0.05) is 12.1 Å². The minimum Gasteiger partial charge on any atom is -0.434 e. The Kier molecular flexibility index (Phi) is 4.92. The number of pyridine rings is 1. The highest BCUT2D eigenvalue weighted by atomic mass is 19.3. The van der Waals surface area contributed by atoms with Crippen LogP contribution in [0.15, 0.2) is 53.9 Å². The zero-order chi connectivity index (χ0) is 15.1. The second-order valence-corrected chi connectivity index (χ2v) is 3.86. The molecule has 0 aliphatic rings. The summed E-state index contributed by atoms with van der Waals surface area (Å²) >= 11 is 0. The Balaban J connectivity index is 2.03. The first-order chi connectivity index (χ1) is 10.2. The Bertz CT molecular complexity index is 633. The number of amides is 1. The lowest BCUT2D eigenvalue weighted by Crippen LogP contribution is -2.17. The minimum atomic E-state index is -2.93. The number of hydrogen-bond acceptors (Lipinski definition) is 4. The summed E-state index contributed by atoms with van der Waals surface area (Å²) in [5.74, 6) is -0.474. The molecule has 21 heavy (non-hydrogen) atoms. The van der Waals surface area contributed by atoms with E-state index in [1.807, 2.05) is 0 Å². The number of benzene rings is 1. The van der Waals surface area contributed by atoms with Crippen LogP contribution in [0.1, 0.15) is 15.9 Å². The van der Waals surface area contributed by atoms with Gasteiger partial charge in [0.15, 0.2) is 0 Å². The molecule has 7 heteroatoms. The third-order valence-corrected chi connectivity index (χ3v) is 2.43. The van der Waals surface area contributed by atoms with Crippen molar-refractivity contribution in [1.82, 2.24) is 10.4 Å². The Morgan fingerprint density at radius 3 is 2.81 bits per heavy atom. The van der Waals surface area contributed by atoms with E-state index in [0.29, 0.717) is 11.1 Å². The van der Waals surface area contributed by atoms with Gasteiger partial charge in [-0.3, -0.25) is 9.78 Å². The molecule has 1 heterocycles. The van der Waals surface area contributed by atoms with E-state index in [2.05, 4.69) is 20.2 Å². The molecule has 1 N–H and O–H groups in total. The van der Waals surface area contributed by atoms with Crippen molar-refractivity contribution in [3.05, 3.63) is 59.9 Å². The average Bonchev–Trinajstić information content (AvgIpc) is 2.49. The van der Waals surface area contributed by atoms with Crippen LogP contribution in [-0.2, 0) is 0 Å². The lowest BCUT2D eigenvalue weighted by atomic mass is 10.2. The Labute approximate surface area is 119 Å². The maximum absolute atomic E-state index is 12.2. The van der Waals surface area contributed by atoms with Crippen LogP contribution in [0.3, 0.4) is 0 Å². The molecule has 0 radical (unpaired) electrons. The number of aromatic nitrogens is 1. The molecule has 0 aliphatic heterocycles. The largest absolute Gasteiger partial charge is 0.434 e. The van der Waals surface area contributed by atoms with Gasteiger partial charge in [-0.15, -0.1) is 0 Å². The van der Waals surface area contributed by atoms with E-state index in [4.69, 9.17) is 0 Å². The summed E-state index contributed by atoms with van der Waals surface area (Å²) in [7, 11) is 0. The summed E-state index contributed by atoms with van der Waals surface area (Å²) in [6.45, 7) is -2.93. The average molecular weight is 291 g/mol. The molecular formula is C14H11F2N3O2. The number of para-hydroxylation sites is 1. The first kappa shape index (κ1) is 14.6. The van der Waals surface area contributed by atoms with E-state index in [1.54, 1.807) is 24.3 Å². The fourth-order valence-electron chi connectivity index (χ4n) is 1.51. The quantitative estimate of drug-likeness (QED) is 0.680. The van der Waals surface area contributed by atoms with Gasteiger partial charge in [0.2, 0.25) is 0 Å². The number of nitrogens with zero attached hydrogens (tertiary/aromatic N) is 2. The predicted molar refractivity (Wildman–Crippen MR) is 72.4 cm³/mol. The van der Waals surface area contributed by atoms with Gasteiger partial charge in [0.05, 0.1) is 11.8 Å². The van der Waals surface area contributed by atoms with Crippen molar-refractivity contribution in [2.45, 2.75) is 6.61 Å². The van der Waals surface area contributed by atoms with Crippen LogP contribution < -0.4 is 10.2 Å². The molecular weight excluding hydrogens is 280 g/mol. The van der Waals surface area contributed by atoms with Crippen molar-refractivity contribution >= 4 is 12.1 Å². The first-order valence-corrected chi connectivity index (χ1v) is 5.94. The van der Waals surface area contributed by atoms with Crippen LogP contribution in [-0.4, -0.2) is 23.7 Å². The molecule has 1 aromatic heterocycles. The fourth-order valence-corrected chi connectivity index (χ4v) is 1.51. The van der Waals surface area contributed by atoms with Crippen molar-refractivity contribution in [2.75, 3.05) is 0 Å². The lowest BCUT2D eigenvalue weighted by molar-refractivity contribution is -0.0499. The van der Waals surface area contributed by atoms with E-state index in [9.17, 15) is 13.6 Å². The number of rotatable bonds is 5. The first-order valence-electron chi connectivity index (χ1n) is 5.94. The third-order valence-electron chi connectivity index (χ3n) is 2.43. The normalized spacial score (nSPS) is 10.8. The molecule has 0 fully saturated rings. The highest BCUT2D eigenvalue weighted by Crippen LogP contribution is 2.18. The van der Waals surface area contributed by atoms with E-state index in [0.717, 1.165) is 0 Å². The number of carbonyl (C=O) groups is 1. The summed E-state index contributed by atoms with van der Waals surface area (Å²) in [6.07, 6.45) is 4.16. The molecule has 2 aromatic rings. The molecule has 0 spiro atoms. The number of carbonyl (C=O) groups excluding carboxylic acids is 1. The highest BCUT2D eigenvalue weighted by molar-refractivity contribution is 5.94. The van der Waals surface area contributed by atoms with E-state index < -0.39 is 12.5 Å². The van der Waals surface area contributed by atoms with Crippen molar-refractivity contribution in [2.24, 2.45) is 5.10 Å². The smallest absolute Gasteiger partial charge is 0.387 e. The van der Waals surface area contributed by atoms with Crippen LogP contribution in [0.2, 0.25) is 0 Å². The summed E-state index contributed by atoms with van der Waals surface area (Å²) in [5, 5.41) is 3.71. The number of hydrogen-bond donors (Lipinski definition) is 1. The maximum Gasteiger partial charge on any atom is 0.387 e. The van der Waals surface area contributed by atoms with Crippen LogP contribution in [0, 0.1) is 0 Å². The van der Waals surface area contributed by atoms with Gasteiger partial charge < -0.3 is 4.74 Å². The third kappa shape index (κ3) is 4.34. The van der Waals surface area contributed by atoms with Gasteiger partial charge >= 0.3 is 6.61 Å². The Hall–Kier alpha value is -2.83. The Morgan fingerprint density at radius 1 is 1.29 bits per heavy atom. The molecule has 108 valence electrons. The summed E-state index contributed by atoms with van der Waals surface area (Å²) in [4.78, 5) is 15.5. The SMILES string of the molecule is O=C(N/N=C/c1ccccc1OC(F)F)c1cccnc1. The van der Waals surface area contributed by atoms with E-state index in [-0.39, 0.29) is 5.75 Å². The second-order valence-electron chi connectivity index (χ2n) is 3.86. The minimum absolute atomic E-state index is 0.0214. The molecule has 0 unspecified atom stereocenters. The molecule has 0 bridgehead atoms. The maximum atomic E-state index is 12.2. The number of hydrazone groups is 1. The van der Waals surface area contributed by atoms with Crippen molar-refractivity contribution in [3.63, 3.8) is 0 Å². The Morgan fingerprint density at radius 2 is 2.10 bits per heavy atom.